The van der Waals surface area contributed by atoms with Gasteiger partial charge in [-0.05, 0) is 12.8 Å². The fraction of sp³-hybridized carbons (Fsp3) is 0.615. The minimum absolute atomic E-state index is 0.169. The first-order valence-electron chi connectivity index (χ1n) is 6.55. The number of unbranched alkanes of at least 4 members (excludes halogenated alkanes) is 1. The molecule has 1 unspecified atom stereocenters. The van der Waals surface area contributed by atoms with Crippen LogP contribution in [0, 0.1) is 0 Å². The average Bonchev–Trinajstić information content (AvgIpc) is 2.37. The highest BCUT2D eigenvalue weighted by molar-refractivity contribution is 5.92. The van der Waals surface area contributed by atoms with Crippen LogP contribution in [-0.4, -0.2) is 21.9 Å². The second-order valence-electron chi connectivity index (χ2n) is 4.43. The number of aromatic nitrogens is 2. The van der Waals surface area contributed by atoms with Gasteiger partial charge < -0.3 is 11.1 Å². The van der Waals surface area contributed by atoms with Crippen LogP contribution in [0.15, 0.2) is 12.4 Å². The summed E-state index contributed by atoms with van der Waals surface area (Å²) in [5, 5.41) is 3.01. The third-order valence-electron chi connectivity index (χ3n) is 2.78. The molecule has 3 N–H and O–H groups in total. The van der Waals surface area contributed by atoms with E-state index in [1.807, 2.05) is 0 Å². The molecule has 0 aliphatic carbocycles. The lowest BCUT2D eigenvalue weighted by atomic mass is 10.1. The van der Waals surface area contributed by atoms with Crippen molar-refractivity contribution in [3.8, 4) is 0 Å². The number of carbonyl (C=O) groups excluding carboxylic acids is 1. The first kappa shape index (κ1) is 14.4. The van der Waals surface area contributed by atoms with Gasteiger partial charge >= 0.3 is 0 Å². The van der Waals surface area contributed by atoms with E-state index >= 15 is 0 Å². The van der Waals surface area contributed by atoms with Crippen LogP contribution >= 0.6 is 0 Å². The van der Waals surface area contributed by atoms with Crippen molar-refractivity contribution in [3.05, 3.63) is 18.1 Å². The number of amides is 1. The number of rotatable bonds is 7. The standard InChI is InChI=1S/C13H22N4O/c1-3-5-7-10(6-4-2)17-13(18)11-8-16-12(14)9-15-11/h8-10H,3-7H2,1-2H3,(H2,14,16)(H,17,18). The predicted molar refractivity (Wildman–Crippen MR) is 72.1 cm³/mol. The van der Waals surface area contributed by atoms with Crippen LogP contribution < -0.4 is 11.1 Å². The van der Waals surface area contributed by atoms with Crippen molar-refractivity contribution in [1.29, 1.82) is 0 Å². The van der Waals surface area contributed by atoms with E-state index < -0.39 is 0 Å². The van der Waals surface area contributed by atoms with E-state index in [1.165, 1.54) is 12.4 Å². The van der Waals surface area contributed by atoms with Crippen molar-refractivity contribution in [2.75, 3.05) is 5.73 Å². The van der Waals surface area contributed by atoms with Crippen molar-refractivity contribution < 1.29 is 4.79 Å². The zero-order valence-corrected chi connectivity index (χ0v) is 11.1. The molecule has 5 nitrogen and oxygen atoms in total. The van der Waals surface area contributed by atoms with Gasteiger partial charge in [-0.15, -0.1) is 0 Å². The summed E-state index contributed by atoms with van der Waals surface area (Å²) in [4.78, 5) is 19.8. The number of nitrogens with one attached hydrogen (secondary N) is 1. The minimum atomic E-state index is -0.169. The molecule has 0 aromatic carbocycles. The summed E-state index contributed by atoms with van der Waals surface area (Å²) < 4.78 is 0. The molecule has 18 heavy (non-hydrogen) atoms. The lowest BCUT2D eigenvalue weighted by Crippen LogP contribution is -2.35. The van der Waals surface area contributed by atoms with Crippen LogP contribution in [0.4, 0.5) is 5.82 Å². The molecule has 1 atom stereocenters. The Kier molecular flexibility index (Phi) is 6.11. The number of nitrogens with two attached hydrogens (primary N) is 1. The van der Waals surface area contributed by atoms with Gasteiger partial charge in [0, 0.05) is 6.04 Å². The number of carbonyl (C=O) groups is 1. The zero-order valence-electron chi connectivity index (χ0n) is 11.1. The molecule has 0 fully saturated rings. The number of nitrogens with zero attached hydrogens (tertiary/aromatic N) is 2. The highest BCUT2D eigenvalue weighted by Gasteiger charge is 2.13. The molecule has 1 aromatic rings. The van der Waals surface area contributed by atoms with Crippen LogP contribution in [0.25, 0.3) is 0 Å². The highest BCUT2D eigenvalue weighted by atomic mass is 16.1. The van der Waals surface area contributed by atoms with E-state index in [2.05, 4.69) is 29.1 Å². The fourth-order valence-electron chi connectivity index (χ4n) is 1.80. The van der Waals surface area contributed by atoms with E-state index in [0.717, 1.165) is 32.1 Å². The van der Waals surface area contributed by atoms with Crippen LogP contribution in [0.1, 0.15) is 56.4 Å². The largest absolute Gasteiger partial charge is 0.382 e. The van der Waals surface area contributed by atoms with E-state index in [0.29, 0.717) is 11.5 Å². The molecule has 0 aliphatic heterocycles. The maximum Gasteiger partial charge on any atom is 0.271 e. The zero-order chi connectivity index (χ0) is 13.4. The van der Waals surface area contributed by atoms with Gasteiger partial charge in [0.1, 0.15) is 11.5 Å². The third-order valence-corrected chi connectivity index (χ3v) is 2.78. The lowest BCUT2D eigenvalue weighted by Gasteiger charge is -2.17. The first-order valence-corrected chi connectivity index (χ1v) is 6.55. The number of hydrogen-bond acceptors (Lipinski definition) is 4. The van der Waals surface area contributed by atoms with E-state index in [1.54, 1.807) is 0 Å². The molecule has 0 saturated heterocycles. The predicted octanol–water partition coefficient (Wildman–Crippen LogP) is 2.15. The van der Waals surface area contributed by atoms with Gasteiger partial charge in [-0.1, -0.05) is 33.1 Å². The smallest absolute Gasteiger partial charge is 0.271 e. The van der Waals surface area contributed by atoms with Crippen molar-refractivity contribution in [2.24, 2.45) is 0 Å². The molecule has 0 spiro atoms. The first-order chi connectivity index (χ1) is 8.67. The van der Waals surface area contributed by atoms with Gasteiger partial charge in [0.15, 0.2) is 0 Å². The Balaban J connectivity index is 2.56. The van der Waals surface area contributed by atoms with Gasteiger partial charge in [0.05, 0.1) is 12.4 Å². The molecule has 100 valence electrons. The fourth-order valence-corrected chi connectivity index (χ4v) is 1.80. The minimum Gasteiger partial charge on any atom is -0.382 e. The SMILES string of the molecule is CCCCC(CCC)NC(=O)c1cnc(N)cn1. The van der Waals surface area contributed by atoms with Crippen molar-refractivity contribution in [1.82, 2.24) is 15.3 Å². The normalized spacial score (nSPS) is 12.1. The quantitative estimate of drug-likeness (QED) is 0.777. The molecule has 0 bridgehead atoms. The van der Waals surface area contributed by atoms with E-state index in [9.17, 15) is 4.79 Å². The Morgan fingerprint density at radius 1 is 1.28 bits per heavy atom. The molecule has 1 rings (SSSR count). The Hall–Kier alpha value is -1.65. The van der Waals surface area contributed by atoms with Crippen LogP contribution in [0.5, 0.6) is 0 Å². The average molecular weight is 250 g/mol. The van der Waals surface area contributed by atoms with Crippen LogP contribution in [0.2, 0.25) is 0 Å². The highest BCUT2D eigenvalue weighted by Crippen LogP contribution is 2.08. The molecule has 5 heteroatoms. The topological polar surface area (TPSA) is 80.9 Å². The number of anilines is 1. The molecule has 0 aliphatic rings. The molecule has 1 amide bonds. The van der Waals surface area contributed by atoms with Crippen molar-refractivity contribution in [2.45, 2.75) is 52.0 Å². The summed E-state index contributed by atoms with van der Waals surface area (Å²) in [5.74, 6) is 0.152. The van der Waals surface area contributed by atoms with Crippen LogP contribution in [0.3, 0.4) is 0 Å². The molecule has 1 aromatic heterocycles. The summed E-state index contributed by atoms with van der Waals surface area (Å²) >= 11 is 0. The van der Waals surface area contributed by atoms with Gasteiger partial charge in [-0.25, -0.2) is 9.97 Å². The summed E-state index contributed by atoms with van der Waals surface area (Å²) in [6.45, 7) is 4.27. The molecular formula is C13H22N4O. The molecule has 0 saturated carbocycles. The summed E-state index contributed by atoms with van der Waals surface area (Å²) in [6.07, 6.45) is 8.13. The summed E-state index contributed by atoms with van der Waals surface area (Å²) in [7, 11) is 0. The van der Waals surface area contributed by atoms with Crippen molar-refractivity contribution in [3.63, 3.8) is 0 Å². The second kappa shape index (κ2) is 7.63. The monoisotopic (exact) mass is 250 g/mol. The second-order valence-corrected chi connectivity index (χ2v) is 4.43. The molecule has 1 heterocycles. The molecular weight excluding hydrogens is 228 g/mol. The van der Waals surface area contributed by atoms with Gasteiger partial charge in [-0.2, -0.15) is 0 Å². The van der Waals surface area contributed by atoms with Crippen LogP contribution in [-0.2, 0) is 0 Å². The Bertz CT molecular complexity index is 364. The maximum absolute atomic E-state index is 11.9. The van der Waals surface area contributed by atoms with Crippen molar-refractivity contribution >= 4 is 11.7 Å². The van der Waals surface area contributed by atoms with Gasteiger partial charge in [-0.3, -0.25) is 4.79 Å². The third kappa shape index (κ3) is 4.69. The Morgan fingerprint density at radius 3 is 2.61 bits per heavy atom. The Labute approximate surface area is 108 Å². The number of nitrogen functional groups attached to an aromatic ring is 1. The maximum atomic E-state index is 11.9. The van der Waals surface area contributed by atoms with Gasteiger partial charge in [0.25, 0.3) is 5.91 Å². The van der Waals surface area contributed by atoms with E-state index in [-0.39, 0.29) is 11.9 Å². The summed E-state index contributed by atoms with van der Waals surface area (Å²) in [6, 6.07) is 0.224. The lowest BCUT2D eigenvalue weighted by molar-refractivity contribution is 0.0926. The van der Waals surface area contributed by atoms with E-state index in [4.69, 9.17) is 5.73 Å². The number of hydrogen-bond donors (Lipinski definition) is 2. The Morgan fingerprint density at radius 2 is 2.06 bits per heavy atom. The molecule has 0 radical (unpaired) electrons. The summed E-state index contributed by atoms with van der Waals surface area (Å²) in [5.41, 5.74) is 5.76. The van der Waals surface area contributed by atoms with Gasteiger partial charge in [0.2, 0.25) is 0 Å².